The van der Waals surface area contributed by atoms with Crippen molar-refractivity contribution in [2.75, 3.05) is 6.54 Å². The summed E-state index contributed by atoms with van der Waals surface area (Å²) in [6, 6.07) is 2.29. The molecule has 1 aromatic heterocycles. The second-order valence-corrected chi connectivity index (χ2v) is 2.61. The number of nitrogens with two attached hydrogens (primary N) is 1. The van der Waals surface area contributed by atoms with Gasteiger partial charge in [-0.2, -0.15) is 13.2 Å². The number of hydrogen-bond donors (Lipinski definition) is 1. The molecule has 1 rings (SSSR count). The molecule has 0 atom stereocenters. The predicted octanol–water partition coefficient (Wildman–Crippen LogP) is 2.07. The lowest BCUT2D eigenvalue weighted by atomic mass is 10.2. The Kier molecular flexibility index (Phi) is 3.24. The molecule has 0 bridgehead atoms. The van der Waals surface area contributed by atoms with Crippen LogP contribution in [0.2, 0.25) is 0 Å². The lowest BCUT2D eigenvalue weighted by Gasteiger charge is -2.04. The summed E-state index contributed by atoms with van der Waals surface area (Å²) >= 11 is 0. The lowest BCUT2D eigenvalue weighted by Crippen LogP contribution is -2.05. The van der Waals surface area contributed by atoms with E-state index >= 15 is 0 Å². The Morgan fingerprint density at radius 1 is 1.36 bits per heavy atom. The number of halogens is 3. The van der Waals surface area contributed by atoms with Crippen molar-refractivity contribution in [2.24, 2.45) is 5.73 Å². The highest BCUT2D eigenvalue weighted by atomic mass is 19.4. The zero-order chi connectivity index (χ0) is 10.6. The zero-order valence-corrected chi connectivity index (χ0v) is 7.25. The van der Waals surface area contributed by atoms with Crippen LogP contribution in [0.4, 0.5) is 13.2 Å². The van der Waals surface area contributed by atoms with Crippen molar-refractivity contribution in [3.8, 4) is 0 Å². The van der Waals surface area contributed by atoms with E-state index in [0.717, 1.165) is 12.3 Å². The van der Waals surface area contributed by atoms with Crippen molar-refractivity contribution in [3.05, 3.63) is 35.7 Å². The van der Waals surface area contributed by atoms with Crippen molar-refractivity contribution >= 4 is 6.08 Å². The first-order valence-corrected chi connectivity index (χ1v) is 3.94. The molecule has 0 spiro atoms. The normalized spacial score (nSPS) is 12.3. The number of pyridine rings is 1. The van der Waals surface area contributed by atoms with Crippen LogP contribution in [0.5, 0.6) is 0 Å². The maximum atomic E-state index is 12.1. The van der Waals surface area contributed by atoms with E-state index in [1.165, 1.54) is 6.07 Å². The molecule has 0 aliphatic heterocycles. The van der Waals surface area contributed by atoms with Gasteiger partial charge in [-0.15, -0.1) is 0 Å². The minimum Gasteiger partial charge on any atom is -0.327 e. The monoisotopic (exact) mass is 202 g/mol. The molecule has 0 amide bonds. The van der Waals surface area contributed by atoms with Crippen LogP contribution >= 0.6 is 0 Å². The predicted molar refractivity (Wildman–Crippen MR) is 47.3 cm³/mol. The number of hydrogen-bond acceptors (Lipinski definition) is 2. The van der Waals surface area contributed by atoms with Gasteiger partial charge in [0.2, 0.25) is 0 Å². The zero-order valence-electron chi connectivity index (χ0n) is 7.25. The molecule has 5 heteroatoms. The molecule has 0 aliphatic rings. The molecule has 2 N–H and O–H groups in total. The summed E-state index contributed by atoms with van der Waals surface area (Å²) in [7, 11) is 0. The van der Waals surface area contributed by atoms with Crippen LogP contribution in [-0.2, 0) is 6.18 Å². The maximum Gasteiger partial charge on any atom is 0.417 e. The van der Waals surface area contributed by atoms with Crippen LogP contribution in [0, 0.1) is 0 Å². The molecule has 0 saturated carbocycles. The van der Waals surface area contributed by atoms with Crippen molar-refractivity contribution in [3.63, 3.8) is 0 Å². The average Bonchev–Trinajstić information content (AvgIpc) is 2.14. The van der Waals surface area contributed by atoms with Crippen molar-refractivity contribution in [1.29, 1.82) is 0 Å². The molecule has 1 aromatic rings. The lowest BCUT2D eigenvalue weighted by molar-refractivity contribution is -0.137. The van der Waals surface area contributed by atoms with Crippen LogP contribution in [0.15, 0.2) is 24.4 Å². The van der Waals surface area contributed by atoms with Gasteiger partial charge in [0.1, 0.15) is 0 Å². The third-order valence-electron chi connectivity index (χ3n) is 1.54. The third-order valence-corrected chi connectivity index (χ3v) is 1.54. The highest BCUT2D eigenvalue weighted by Crippen LogP contribution is 2.28. The molecule has 0 aromatic carbocycles. The Labute approximate surface area is 79.3 Å². The molecular weight excluding hydrogens is 193 g/mol. The van der Waals surface area contributed by atoms with E-state index in [0.29, 0.717) is 12.2 Å². The van der Waals surface area contributed by atoms with Crippen molar-refractivity contribution < 1.29 is 13.2 Å². The molecule has 0 unspecified atom stereocenters. The van der Waals surface area contributed by atoms with Gasteiger partial charge in [-0.25, -0.2) is 0 Å². The maximum absolute atomic E-state index is 12.1. The first-order valence-electron chi connectivity index (χ1n) is 3.94. The van der Waals surface area contributed by atoms with E-state index in [1.54, 1.807) is 12.2 Å². The molecule has 0 aliphatic carbocycles. The van der Waals surface area contributed by atoms with Gasteiger partial charge >= 0.3 is 6.18 Å². The van der Waals surface area contributed by atoms with Crippen LogP contribution < -0.4 is 5.73 Å². The first kappa shape index (κ1) is 10.7. The molecular formula is C9H9F3N2. The van der Waals surface area contributed by atoms with Gasteiger partial charge in [0.25, 0.3) is 0 Å². The third kappa shape index (κ3) is 2.85. The molecule has 0 radical (unpaired) electrons. The van der Waals surface area contributed by atoms with Crippen LogP contribution in [0.25, 0.3) is 6.08 Å². The fraction of sp³-hybridized carbons (Fsp3) is 0.222. The van der Waals surface area contributed by atoms with Gasteiger partial charge in [-0.3, -0.25) is 4.98 Å². The highest BCUT2D eigenvalue weighted by Gasteiger charge is 2.30. The molecule has 0 fully saturated rings. The SMILES string of the molecule is NC/C=C/c1ccc(C(F)(F)F)cn1. The minimum absolute atomic E-state index is 0.336. The van der Waals surface area contributed by atoms with E-state index in [9.17, 15) is 13.2 Å². The average molecular weight is 202 g/mol. The quantitative estimate of drug-likeness (QED) is 0.797. The van der Waals surface area contributed by atoms with E-state index in [2.05, 4.69) is 4.98 Å². The van der Waals surface area contributed by atoms with Crippen LogP contribution in [0.3, 0.4) is 0 Å². The largest absolute Gasteiger partial charge is 0.417 e. The smallest absolute Gasteiger partial charge is 0.327 e. The Morgan fingerprint density at radius 2 is 2.07 bits per heavy atom. The number of alkyl halides is 3. The number of nitrogens with zero attached hydrogens (tertiary/aromatic N) is 1. The minimum atomic E-state index is -4.33. The highest BCUT2D eigenvalue weighted by molar-refractivity contribution is 5.44. The van der Waals surface area contributed by atoms with E-state index < -0.39 is 11.7 Å². The summed E-state index contributed by atoms with van der Waals surface area (Å²) in [5.74, 6) is 0. The standard InChI is InChI=1S/C9H9F3N2/c10-9(11,12)7-3-4-8(14-6-7)2-1-5-13/h1-4,6H,5,13H2/b2-1+. The summed E-state index contributed by atoms with van der Waals surface area (Å²) < 4.78 is 36.3. The molecule has 0 saturated heterocycles. The topological polar surface area (TPSA) is 38.9 Å². The van der Waals surface area contributed by atoms with Gasteiger partial charge in [-0.1, -0.05) is 6.08 Å². The van der Waals surface area contributed by atoms with Gasteiger partial charge < -0.3 is 5.73 Å². The van der Waals surface area contributed by atoms with Gasteiger partial charge in [-0.05, 0) is 18.2 Å². The van der Waals surface area contributed by atoms with Crippen molar-refractivity contribution in [1.82, 2.24) is 4.98 Å². The van der Waals surface area contributed by atoms with E-state index in [4.69, 9.17) is 5.73 Å². The number of aromatic nitrogens is 1. The Bertz CT molecular complexity index is 314. The summed E-state index contributed by atoms with van der Waals surface area (Å²) in [6.07, 6.45) is -0.338. The summed E-state index contributed by atoms with van der Waals surface area (Å²) in [5.41, 5.74) is 4.89. The first-order chi connectivity index (χ1) is 6.54. The van der Waals surface area contributed by atoms with Gasteiger partial charge in [0.05, 0.1) is 11.3 Å². The summed E-state index contributed by atoms with van der Waals surface area (Å²) in [4.78, 5) is 3.62. The number of rotatable bonds is 2. The molecule has 1 heterocycles. The van der Waals surface area contributed by atoms with Crippen LogP contribution in [-0.4, -0.2) is 11.5 Å². The van der Waals surface area contributed by atoms with E-state index in [-0.39, 0.29) is 0 Å². The molecule has 76 valence electrons. The fourth-order valence-corrected chi connectivity index (χ4v) is 0.860. The van der Waals surface area contributed by atoms with Crippen LogP contribution in [0.1, 0.15) is 11.3 Å². The van der Waals surface area contributed by atoms with Gasteiger partial charge in [0.15, 0.2) is 0 Å². The Hall–Kier alpha value is -1.36. The Morgan fingerprint density at radius 3 is 2.50 bits per heavy atom. The van der Waals surface area contributed by atoms with Crippen molar-refractivity contribution in [2.45, 2.75) is 6.18 Å². The molecule has 2 nitrogen and oxygen atoms in total. The second kappa shape index (κ2) is 4.23. The molecule has 14 heavy (non-hydrogen) atoms. The van der Waals surface area contributed by atoms with Gasteiger partial charge in [0, 0.05) is 12.7 Å². The second-order valence-electron chi connectivity index (χ2n) is 2.61. The summed E-state index contributed by atoms with van der Waals surface area (Å²) in [5, 5.41) is 0. The van der Waals surface area contributed by atoms with E-state index in [1.807, 2.05) is 0 Å². The fourth-order valence-electron chi connectivity index (χ4n) is 0.860. The summed E-state index contributed by atoms with van der Waals surface area (Å²) in [6.45, 7) is 0.336. The Balaban J connectivity index is 2.84.